The van der Waals surface area contributed by atoms with Crippen molar-refractivity contribution < 1.29 is 4.79 Å². The number of hydrogen-bond acceptors (Lipinski definition) is 4. The van der Waals surface area contributed by atoms with Crippen molar-refractivity contribution in [2.45, 2.75) is 39.7 Å². The van der Waals surface area contributed by atoms with Crippen molar-refractivity contribution in [3.05, 3.63) is 39.9 Å². The Hall–Kier alpha value is -1.72. The van der Waals surface area contributed by atoms with E-state index in [0.717, 1.165) is 47.1 Å². The van der Waals surface area contributed by atoms with Gasteiger partial charge in [0, 0.05) is 11.6 Å². The highest BCUT2D eigenvalue weighted by atomic mass is 32.1. The standard InChI is InChI=1S/C19H25N3OS/c1-12-5-6-16(13(2)11-12)19-20-14(3)17(24-19)18(23)21-15-7-9-22(4)10-8-15/h5-6,11,15H,7-10H2,1-4H3,(H,21,23). The van der Waals surface area contributed by atoms with Gasteiger partial charge in [-0.15, -0.1) is 11.3 Å². The van der Waals surface area contributed by atoms with E-state index in [9.17, 15) is 4.79 Å². The third-order valence-electron chi connectivity index (χ3n) is 4.67. The summed E-state index contributed by atoms with van der Waals surface area (Å²) in [6.45, 7) is 8.19. The van der Waals surface area contributed by atoms with Gasteiger partial charge >= 0.3 is 0 Å². The van der Waals surface area contributed by atoms with E-state index in [-0.39, 0.29) is 11.9 Å². The van der Waals surface area contributed by atoms with Crippen LogP contribution in [0.25, 0.3) is 10.6 Å². The van der Waals surface area contributed by atoms with Crippen LogP contribution in [0.15, 0.2) is 18.2 Å². The molecule has 4 nitrogen and oxygen atoms in total. The van der Waals surface area contributed by atoms with Crippen LogP contribution in [-0.4, -0.2) is 42.0 Å². The fourth-order valence-electron chi connectivity index (χ4n) is 3.18. The maximum atomic E-state index is 12.6. The number of nitrogens with one attached hydrogen (secondary N) is 1. The molecule has 2 aromatic rings. The summed E-state index contributed by atoms with van der Waals surface area (Å²) in [5, 5.41) is 4.12. The van der Waals surface area contributed by atoms with Gasteiger partial charge in [-0.2, -0.15) is 0 Å². The van der Waals surface area contributed by atoms with E-state index in [0.29, 0.717) is 0 Å². The number of benzene rings is 1. The summed E-state index contributed by atoms with van der Waals surface area (Å²) in [5.41, 5.74) is 4.38. The Morgan fingerprint density at radius 2 is 1.96 bits per heavy atom. The molecular formula is C19H25N3OS. The number of likely N-dealkylation sites (tertiary alicyclic amines) is 1. The van der Waals surface area contributed by atoms with Gasteiger partial charge in [0.05, 0.1) is 5.69 Å². The fourth-order valence-corrected chi connectivity index (χ4v) is 4.24. The molecule has 5 heteroatoms. The zero-order valence-electron chi connectivity index (χ0n) is 14.8. The van der Waals surface area contributed by atoms with Crippen molar-refractivity contribution >= 4 is 17.2 Å². The summed E-state index contributed by atoms with van der Waals surface area (Å²) in [7, 11) is 2.13. The lowest BCUT2D eigenvalue weighted by Crippen LogP contribution is -2.43. The lowest BCUT2D eigenvalue weighted by molar-refractivity contribution is 0.0920. The van der Waals surface area contributed by atoms with Crippen LogP contribution in [0, 0.1) is 20.8 Å². The molecule has 0 radical (unpaired) electrons. The predicted octanol–water partition coefficient (Wildman–Crippen LogP) is 3.56. The normalized spacial score (nSPS) is 16.3. The Bertz CT molecular complexity index is 745. The average Bonchev–Trinajstić information content (AvgIpc) is 2.91. The molecule has 1 aromatic heterocycles. The molecule has 24 heavy (non-hydrogen) atoms. The fraction of sp³-hybridized carbons (Fsp3) is 0.474. The van der Waals surface area contributed by atoms with Crippen LogP contribution in [0.2, 0.25) is 0 Å². The molecule has 0 saturated carbocycles. The lowest BCUT2D eigenvalue weighted by Gasteiger charge is -2.29. The van der Waals surface area contributed by atoms with Crippen LogP contribution in [0.1, 0.15) is 39.3 Å². The molecule has 128 valence electrons. The molecule has 1 aliphatic rings. The number of carbonyl (C=O) groups excluding carboxylic acids is 1. The average molecular weight is 343 g/mol. The molecule has 0 atom stereocenters. The Morgan fingerprint density at radius 3 is 2.62 bits per heavy atom. The first-order chi connectivity index (χ1) is 11.4. The maximum Gasteiger partial charge on any atom is 0.263 e. The van der Waals surface area contributed by atoms with E-state index >= 15 is 0 Å². The molecule has 2 heterocycles. The van der Waals surface area contributed by atoms with Crippen LogP contribution >= 0.6 is 11.3 Å². The lowest BCUT2D eigenvalue weighted by atomic mass is 10.1. The second kappa shape index (κ2) is 7.03. The highest BCUT2D eigenvalue weighted by Gasteiger charge is 2.22. The maximum absolute atomic E-state index is 12.6. The van der Waals surface area contributed by atoms with Gasteiger partial charge in [0.15, 0.2) is 0 Å². The first kappa shape index (κ1) is 17.1. The molecule has 0 unspecified atom stereocenters. The van der Waals surface area contributed by atoms with Crippen molar-refractivity contribution in [1.82, 2.24) is 15.2 Å². The van der Waals surface area contributed by atoms with Gasteiger partial charge in [-0.25, -0.2) is 4.98 Å². The molecule has 1 N–H and O–H groups in total. The summed E-state index contributed by atoms with van der Waals surface area (Å²) >= 11 is 1.50. The summed E-state index contributed by atoms with van der Waals surface area (Å²) in [4.78, 5) is 20.3. The minimum atomic E-state index is 0.0237. The molecule has 0 aliphatic carbocycles. The van der Waals surface area contributed by atoms with Crippen molar-refractivity contribution in [2.75, 3.05) is 20.1 Å². The number of amides is 1. The first-order valence-corrected chi connectivity index (χ1v) is 9.30. The van der Waals surface area contributed by atoms with Gasteiger partial charge in [-0.05, 0) is 59.3 Å². The van der Waals surface area contributed by atoms with Crippen molar-refractivity contribution in [1.29, 1.82) is 0 Å². The molecule has 1 amide bonds. The van der Waals surface area contributed by atoms with Crippen LogP contribution < -0.4 is 5.32 Å². The second-order valence-corrected chi connectivity index (χ2v) is 7.80. The Kier molecular flexibility index (Phi) is 5.01. The Balaban J connectivity index is 1.77. The van der Waals surface area contributed by atoms with Gasteiger partial charge < -0.3 is 10.2 Å². The minimum absolute atomic E-state index is 0.0237. The van der Waals surface area contributed by atoms with Crippen molar-refractivity contribution in [3.8, 4) is 10.6 Å². The predicted molar refractivity (Wildman–Crippen MR) is 99.7 cm³/mol. The molecule has 1 aliphatic heterocycles. The van der Waals surface area contributed by atoms with Crippen LogP contribution in [0.5, 0.6) is 0 Å². The molecule has 0 bridgehead atoms. The van der Waals surface area contributed by atoms with E-state index in [1.807, 2.05) is 6.92 Å². The van der Waals surface area contributed by atoms with E-state index in [2.05, 4.69) is 54.3 Å². The highest BCUT2D eigenvalue weighted by molar-refractivity contribution is 7.17. The number of aryl methyl sites for hydroxylation is 3. The minimum Gasteiger partial charge on any atom is -0.348 e. The second-order valence-electron chi connectivity index (χ2n) is 6.80. The van der Waals surface area contributed by atoms with Gasteiger partial charge in [0.25, 0.3) is 5.91 Å². The number of piperidine rings is 1. The number of hydrogen-bond donors (Lipinski definition) is 1. The monoisotopic (exact) mass is 343 g/mol. The molecule has 1 saturated heterocycles. The third-order valence-corrected chi connectivity index (χ3v) is 5.86. The number of thiazole rings is 1. The number of nitrogens with zero attached hydrogens (tertiary/aromatic N) is 2. The van der Waals surface area contributed by atoms with Crippen molar-refractivity contribution in [3.63, 3.8) is 0 Å². The van der Waals surface area contributed by atoms with E-state index in [1.165, 1.54) is 22.5 Å². The molecular weight excluding hydrogens is 318 g/mol. The van der Waals surface area contributed by atoms with Gasteiger partial charge in [-0.3, -0.25) is 4.79 Å². The largest absolute Gasteiger partial charge is 0.348 e. The van der Waals surface area contributed by atoms with Crippen LogP contribution in [0.3, 0.4) is 0 Å². The van der Waals surface area contributed by atoms with E-state index in [1.54, 1.807) is 0 Å². The quantitative estimate of drug-likeness (QED) is 0.927. The smallest absolute Gasteiger partial charge is 0.263 e. The summed E-state index contributed by atoms with van der Waals surface area (Å²) in [6, 6.07) is 6.63. The molecule has 0 spiro atoms. The molecule has 3 rings (SSSR count). The highest BCUT2D eigenvalue weighted by Crippen LogP contribution is 2.30. The zero-order valence-corrected chi connectivity index (χ0v) is 15.7. The van der Waals surface area contributed by atoms with Crippen molar-refractivity contribution in [2.24, 2.45) is 0 Å². The number of carbonyl (C=O) groups is 1. The van der Waals surface area contributed by atoms with Crippen LogP contribution in [-0.2, 0) is 0 Å². The summed E-state index contributed by atoms with van der Waals surface area (Å²) < 4.78 is 0. The Morgan fingerprint density at radius 1 is 1.25 bits per heavy atom. The number of aromatic nitrogens is 1. The summed E-state index contributed by atoms with van der Waals surface area (Å²) in [5.74, 6) is 0.0237. The number of rotatable bonds is 3. The first-order valence-electron chi connectivity index (χ1n) is 8.48. The molecule has 1 aromatic carbocycles. The van der Waals surface area contributed by atoms with Gasteiger partial charge in [-0.1, -0.05) is 23.8 Å². The van der Waals surface area contributed by atoms with E-state index in [4.69, 9.17) is 0 Å². The Labute approximate surface area is 147 Å². The van der Waals surface area contributed by atoms with Gasteiger partial charge in [0.1, 0.15) is 9.88 Å². The zero-order chi connectivity index (χ0) is 17.3. The van der Waals surface area contributed by atoms with Crippen LogP contribution in [0.4, 0.5) is 0 Å². The van der Waals surface area contributed by atoms with E-state index < -0.39 is 0 Å². The topological polar surface area (TPSA) is 45.2 Å². The summed E-state index contributed by atoms with van der Waals surface area (Å²) in [6.07, 6.45) is 2.04. The SMILES string of the molecule is Cc1ccc(-c2nc(C)c(C(=O)NC3CCN(C)CC3)s2)c(C)c1. The van der Waals surface area contributed by atoms with Gasteiger partial charge in [0.2, 0.25) is 0 Å². The third kappa shape index (κ3) is 3.68. The molecule has 1 fully saturated rings.